The minimum absolute atomic E-state index is 0.648. The molecule has 0 heterocycles. The van der Waals surface area contributed by atoms with Crippen LogP contribution in [0, 0.1) is 20.8 Å². The first-order chi connectivity index (χ1) is 25.8. The number of rotatable bonds is 11. The summed E-state index contributed by atoms with van der Waals surface area (Å²) in [6.45, 7) is 55.8. The molecule has 0 atom stereocenters. The van der Waals surface area contributed by atoms with Crippen LogP contribution in [0.25, 0.3) is 16.7 Å². The molecular weight excluding hydrogens is 842 g/mol. The van der Waals surface area contributed by atoms with Crippen molar-refractivity contribution < 1.29 is 0 Å². The molecule has 0 fully saturated rings. The number of aryl methyl sites for hydroxylation is 3. The van der Waals surface area contributed by atoms with Gasteiger partial charge in [0, 0.05) is 0 Å². The van der Waals surface area contributed by atoms with Gasteiger partial charge in [-0.25, -0.2) is 0 Å². The van der Waals surface area contributed by atoms with Crippen molar-refractivity contribution in [3.8, 4) is 11.1 Å². The Hall–Kier alpha value is -1.63. The van der Waals surface area contributed by atoms with Crippen LogP contribution in [0.5, 0.6) is 0 Å². The Bertz CT molecular complexity index is 2070. The van der Waals surface area contributed by atoms with E-state index in [0.717, 1.165) is 0 Å². The summed E-state index contributed by atoms with van der Waals surface area (Å²) >= 11 is -2.66. The van der Waals surface area contributed by atoms with Gasteiger partial charge in [-0.05, 0) is 0 Å². The molecule has 0 N–H and O–H groups in total. The van der Waals surface area contributed by atoms with Crippen LogP contribution in [-0.4, -0.2) is 66.9 Å². The molecule has 0 spiro atoms. The van der Waals surface area contributed by atoms with Gasteiger partial charge in [0.25, 0.3) is 0 Å². The molecule has 1 aliphatic rings. The zero-order valence-corrected chi connectivity index (χ0v) is 48.3. The Morgan fingerprint density at radius 3 is 1.04 bits per heavy atom. The molecule has 0 amide bonds. The second kappa shape index (κ2) is 16.0. The molecule has 7 heteroatoms. The Balaban J connectivity index is 2.24. The third kappa shape index (κ3) is 9.64. The van der Waals surface area contributed by atoms with Crippen molar-refractivity contribution >= 4 is 81.2 Å². The van der Waals surface area contributed by atoms with Crippen molar-refractivity contribution in [1.82, 2.24) is 0 Å². The van der Waals surface area contributed by atoms with Crippen molar-refractivity contribution in [2.45, 2.75) is 154 Å². The summed E-state index contributed by atoms with van der Waals surface area (Å²) < 4.78 is 8.19. The van der Waals surface area contributed by atoms with Crippen LogP contribution < -0.4 is 8.79 Å². The van der Waals surface area contributed by atoms with E-state index in [-0.39, 0.29) is 0 Å². The molecule has 0 bridgehead atoms. The van der Waals surface area contributed by atoms with E-state index >= 15 is 0 Å². The van der Waals surface area contributed by atoms with Gasteiger partial charge in [-0.1, -0.05) is 0 Å². The molecule has 0 saturated carbocycles. The molecule has 306 valence electrons. The molecule has 0 nitrogen and oxygen atoms in total. The van der Waals surface area contributed by atoms with Gasteiger partial charge >= 0.3 is 364 Å². The van der Waals surface area contributed by atoms with Crippen molar-refractivity contribution in [2.75, 3.05) is 0 Å². The van der Waals surface area contributed by atoms with Gasteiger partial charge in [0.05, 0.1) is 0 Å². The molecule has 4 aromatic rings. The molecular formula is C50H78GeSi6. The van der Waals surface area contributed by atoms with Gasteiger partial charge in [0.15, 0.2) is 0 Å². The van der Waals surface area contributed by atoms with Gasteiger partial charge in [0.2, 0.25) is 0 Å². The molecule has 0 aliphatic heterocycles. The number of benzene rings is 4. The molecule has 0 unspecified atom stereocenters. The van der Waals surface area contributed by atoms with Gasteiger partial charge in [-0.2, -0.15) is 0 Å². The van der Waals surface area contributed by atoms with Crippen LogP contribution in [0.3, 0.4) is 0 Å². The van der Waals surface area contributed by atoms with Crippen LogP contribution >= 0.6 is 0 Å². The Morgan fingerprint density at radius 2 is 0.719 bits per heavy atom. The summed E-state index contributed by atoms with van der Waals surface area (Å²) in [4.78, 5) is 0. The fourth-order valence-corrected chi connectivity index (χ4v) is 58.1. The second-order valence-corrected chi connectivity index (χ2v) is 62.1. The zero-order valence-electron chi connectivity index (χ0n) is 40.2. The predicted molar refractivity (Wildman–Crippen MR) is 280 cm³/mol. The molecule has 0 saturated heterocycles. The summed E-state index contributed by atoms with van der Waals surface area (Å²) in [7, 11) is -10.2. The maximum absolute atomic E-state index is 4.73. The van der Waals surface area contributed by atoms with E-state index < -0.39 is 62.4 Å². The quantitative estimate of drug-likeness (QED) is 0.116. The number of hydrogen-bond donors (Lipinski definition) is 0. The van der Waals surface area contributed by atoms with E-state index in [1.165, 1.54) is 44.5 Å². The molecule has 0 aromatic heterocycles. The molecule has 5 rings (SSSR count). The molecule has 57 heavy (non-hydrogen) atoms. The average Bonchev–Trinajstić information content (AvgIpc) is 3.29. The third-order valence-corrected chi connectivity index (χ3v) is 46.4. The van der Waals surface area contributed by atoms with Crippen molar-refractivity contribution in [1.29, 1.82) is 0 Å². The van der Waals surface area contributed by atoms with E-state index in [9.17, 15) is 0 Å². The maximum atomic E-state index is 4.73. The second-order valence-electron chi connectivity index (χ2n) is 24.3. The van der Waals surface area contributed by atoms with E-state index in [2.05, 4.69) is 211 Å². The summed E-state index contributed by atoms with van der Waals surface area (Å²) in [5.41, 5.74) is 16.5. The van der Waals surface area contributed by atoms with E-state index in [4.69, 9.17) is 4.51 Å². The van der Waals surface area contributed by atoms with Crippen LogP contribution in [-0.2, 0) is 0 Å². The zero-order chi connectivity index (χ0) is 43.0. The van der Waals surface area contributed by atoms with E-state index in [1.807, 2.05) is 4.40 Å². The van der Waals surface area contributed by atoms with Crippen molar-refractivity contribution in [3.05, 3.63) is 117 Å². The molecule has 1 aliphatic carbocycles. The first-order valence-corrected chi connectivity index (χ1v) is 46.4. The van der Waals surface area contributed by atoms with Gasteiger partial charge < -0.3 is 0 Å². The van der Waals surface area contributed by atoms with Crippen molar-refractivity contribution in [3.63, 3.8) is 0 Å². The van der Waals surface area contributed by atoms with Crippen LogP contribution in [0.2, 0.25) is 118 Å². The van der Waals surface area contributed by atoms with Gasteiger partial charge in [-0.3, -0.25) is 0 Å². The van der Waals surface area contributed by atoms with Gasteiger partial charge in [0.1, 0.15) is 0 Å². The van der Waals surface area contributed by atoms with Crippen LogP contribution in [0.15, 0.2) is 72.8 Å². The fourth-order valence-electron chi connectivity index (χ4n) is 12.5. The first-order valence-electron chi connectivity index (χ1n) is 21.8. The van der Waals surface area contributed by atoms with Gasteiger partial charge in [-0.15, -0.1) is 0 Å². The summed E-state index contributed by atoms with van der Waals surface area (Å²) in [5, 5.41) is 2.00. The predicted octanol–water partition coefficient (Wildman–Crippen LogP) is 13.8. The van der Waals surface area contributed by atoms with Crippen LogP contribution in [0.1, 0.15) is 60.0 Å². The molecule has 0 radical (unpaired) electrons. The minimum atomic E-state index is -2.66. The van der Waals surface area contributed by atoms with Crippen molar-refractivity contribution in [2.24, 2.45) is 0 Å². The third-order valence-electron chi connectivity index (χ3n) is 12.5. The Kier molecular flexibility index (Phi) is 13.0. The Morgan fingerprint density at radius 1 is 0.404 bits per heavy atom. The summed E-state index contributed by atoms with van der Waals surface area (Å²) in [6, 6.07) is 29.3. The number of hydrogen-bond acceptors (Lipinski definition) is 0. The standard InChI is InChI=1S/C50H78GeSi6/c1-35-30-36(2)46(37(3)31-35)51(34-45-41-28-24-22-26-39(41)40-27-23-25-29-42(40)45)47-43(49(54(10,11)12)55(13,14)15)32-38(48(52(4,5)6)53(7,8)9)33-44(47)50(56(16,17)18)57(19,20)21/h22-33,48-50H,1-21H3. The normalized spacial score (nSPS) is 14.1. The Labute approximate surface area is 361 Å². The molecule has 4 aromatic carbocycles. The van der Waals surface area contributed by atoms with E-state index in [0.29, 0.717) is 15.5 Å². The number of fused-ring (bicyclic) bond motifs is 3. The fraction of sp³-hybridized carbons (Fsp3) is 0.480. The van der Waals surface area contributed by atoms with Crippen LogP contribution in [0.4, 0.5) is 0 Å². The SMILES string of the molecule is Cc1cc(C)[c]([Ge](=[C]=C2c3ccccc3-c3ccccc32)[c]2c(C([Si](C)(C)C)[Si](C)(C)C)cc(C([Si](C)(C)C)[Si](C)(C)C)cc2C([Si](C)(C)C)[Si](C)(C)C)c(C)c1. The summed E-state index contributed by atoms with van der Waals surface area (Å²) in [6.07, 6.45) is 0. The summed E-state index contributed by atoms with van der Waals surface area (Å²) in [5.74, 6) is 0. The topological polar surface area (TPSA) is 0 Å². The average molecular weight is 920 g/mol. The first kappa shape index (κ1) is 46.4. The van der Waals surface area contributed by atoms with E-state index in [1.54, 1.807) is 21.1 Å². The monoisotopic (exact) mass is 920 g/mol.